The van der Waals surface area contributed by atoms with Gasteiger partial charge >= 0.3 is 0 Å². The number of β-amino-alcohol motifs (C(OH)–C–C–N with tert-alkyl or cyclic N) is 1. The maximum atomic E-state index is 10.6. The molecule has 0 spiro atoms. The molecule has 2 aromatic rings. The standard InChI is InChI=1S/C21H28N2O2/c1-17-14-22(2)12-13-23(17)15-21(24)19-8-10-20(11-9-19)25-16-18-6-4-3-5-7-18/h3-11,17,21,24H,12-16H2,1-2H3. The van der Waals surface area contributed by atoms with Crippen molar-refractivity contribution in [2.45, 2.75) is 25.7 Å². The Bertz CT molecular complexity index is 645. The predicted molar refractivity (Wildman–Crippen MR) is 101 cm³/mol. The minimum absolute atomic E-state index is 0.464. The van der Waals surface area contributed by atoms with Gasteiger partial charge in [0.15, 0.2) is 0 Å². The summed E-state index contributed by atoms with van der Waals surface area (Å²) in [5.41, 5.74) is 2.09. The lowest BCUT2D eigenvalue weighted by Crippen LogP contribution is -2.51. The third-order valence-corrected chi connectivity index (χ3v) is 4.89. The number of likely N-dealkylation sites (N-methyl/N-ethyl adjacent to an activating group) is 1. The minimum atomic E-state index is -0.464. The summed E-state index contributed by atoms with van der Waals surface area (Å²) < 4.78 is 5.81. The van der Waals surface area contributed by atoms with Crippen molar-refractivity contribution in [1.29, 1.82) is 0 Å². The molecule has 0 radical (unpaired) electrons. The molecule has 134 valence electrons. The highest BCUT2D eigenvalue weighted by Gasteiger charge is 2.23. The lowest BCUT2D eigenvalue weighted by Gasteiger charge is -2.39. The highest BCUT2D eigenvalue weighted by atomic mass is 16.5. The molecule has 0 saturated carbocycles. The van der Waals surface area contributed by atoms with Gasteiger partial charge in [0.05, 0.1) is 6.10 Å². The average Bonchev–Trinajstić information content (AvgIpc) is 2.63. The quantitative estimate of drug-likeness (QED) is 0.877. The second-order valence-corrected chi connectivity index (χ2v) is 6.97. The molecular weight excluding hydrogens is 312 g/mol. The maximum absolute atomic E-state index is 10.6. The third-order valence-electron chi connectivity index (χ3n) is 4.89. The molecule has 1 heterocycles. The Labute approximate surface area is 150 Å². The van der Waals surface area contributed by atoms with E-state index in [0.717, 1.165) is 36.5 Å². The molecule has 4 nitrogen and oxygen atoms in total. The molecule has 2 unspecified atom stereocenters. The largest absolute Gasteiger partial charge is 0.489 e. The van der Waals surface area contributed by atoms with Crippen LogP contribution in [0.15, 0.2) is 54.6 Å². The van der Waals surface area contributed by atoms with Gasteiger partial charge in [-0.1, -0.05) is 42.5 Å². The number of rotatable bonds is 6. The molecule has 4 heteroatoms. The van der Waals surface area contributed by atoms with Crippen LogP contribution in [0.4, 0.5) is 0 Å². The normalized spacial score (nSPS) is 20.4. The molecule has 0 amide bonds. The highest BCUT2D eigenvalue weighted by molar-refractivity contribution is 5.29. The molecule has 0 aromatic heterocycles. The highest BCUT2D eigenvalue weighted by Crippen LogP contribution is 2.21. The van der Waals surface area contributed by atoms with E-state index in [1.165, 1.54) is 0 Å². The van der Waals surface area contributed by atoms with Gasteiger partial charge in [-0.25, -0.2) is 0 Å². The molecule has 3 rings (SSSR count). The van der Waals surface area contributed by atoms with Crippen LogP contribution in [0, 0.1) is 0 Å². The molecule has 0 aliphatic carbocycles. The second-order valence-electron chi connectivity index (χ2n) is 6.97. The van der Waals surface area contributed by atoms with Gasteiger partial charge in [-0.05, 0) is 37.2 Å². The van der Waals surface area contributed by atoms with Crippen molar-refractivity contribution in [3.8, 4) is 5.75 Å². The SMILES string of the molecule is CC1CN(C)CCN1CC(O)c1ccc(OCc2ccccc2)cc1. The van der Waals surface area contributed by atoms with Gasteiger partial charge in [-0.15, -0.1) is 0 Å². The fourth-order valence-electron chi connectivity index (χ4n) is 3.30. The molecule has 1 fully saturated rings. The fraction of sp³-hybridized carbons (Fsp3) is 0.429. The summed E-state index contributed by atoms with van der Waals surface area (Å²) in [6.07, 6.45) is -0.464. The Morgan fingerprint density at radius 2 is 1.80 bits per heavy atom. The van der Waals surface area contributed by atoms with Gasteiger partial charge < -0.3 is 14.7 Å². The van der Waals surface area contributed by atoms with Crippen LogP contribution in [0.5, 0.6) is 5.75 Å². The molecule has 25 heavy (non-hydrogen) atoms. The van der Waals surface area contributed by atoms with E-state index in [-0.39, 0.29) is 0 Å². The van der Waals surface area contributed by atoms with E-state index >= 15 is 0 Å². The smallest absolute Gasteiger partial charge is 0.119 e. The van der Waals surface area contributed by atoms with Crippen LogP contribution in [0.25, 0.3) is 0 Å². The number of benzene rings is 2. The summed E-state index contributed by atoms with van der Waals surface area (Å²) in [4.78, 5) is 4.71. The lowest BCUT2D eigenvalue weighted by atomic mass is 10.1. The van der Waals surface area contributed by atoms with E-state index in [1.807, 2.05) is 42.5 Å². The van der Waals surface area contributed by atoms with Crippen LogP contribution in [0.3, 0.4) is 0 Å². The van der Waals surface area contributed by atoms with E-state index < -0.39 is 6.10 Å². The van der Waals surface area contributed by atoms with Gasteiger partial charge in [0.2, 0.25) is 0 Å². The summed E-state index contributed by atoms with van der Waals surface area (Å²) in [5.74, 6) is 0.827. The zero-order valence-corrected chi connectivity index (χ0v) is 15.1. The number of hydrogen-bond acceptors (Lipinski definition) is 4. The summed E-state index contributed by atoms with van der Waals surface area (Å²) in [5, 5.41) is 10.6. The van der Waals surface area contributed by atoms with Crippen molar-refractivity contribution in [3.63, 3.8) is 0 Å². The van der Waals surface area contributed by atoms with Crippen molar-refractivity contribution < 1.29 is 9.84 Å². The summed E-state index contributed by atoms with van der Waals surface area (Å²) in [7, 11) is 2.15. The van der Waals surface area contributed by atoms with Gasteiger partial charge in [0.1, 0.15) is 12.4 Å². The van der Waals surface area contributed by atoms with Crippen molar-refractivity contribution >= 4 is 0 Å². The first-order valence-electron chi connectivity index (χ1n) is 8.99. The van der Waals surface area contributed by atoms with Crippen molar-refractivity contribution in [2.75, 3.05) is 33.2 Å². The van der Waals surface area contributed by atoms with Crippen LogP contribution in [-0.2, 0) is 6.61 Å². The molecule has 2 aromatic carbocycles. The fourth-order valence-corrected chi connectivity index (χ4v) is 3.30. The average molecular weight is 340 g/mol. The van der Waals surface area contributed by atoms with Crippen LogP contribution in [-0.4, -0.2) is 54.2 Å². The Hall–Kier alpha value is -1.88. The van der Waals surface area contributed by atoms with E-state index in [9.17, 15) is 5.11 Å². The Kier molecular flexibility index (Phi) is 6.08. The molecule has 1 saturated heterocycles. The minimum Gasteiger partial charge on any atom is -0.489 e. The number of ether oxygens (including phenoxy) is 1. The number of aliphatic hydroxyl groups excluding tert-OH is 1. The topological polar surface area (TPSA) is 35.9 Å². The number of piperazine rings is 1. The van der Waals surface area contributed by atoms with Gasteiger partial charge in [-0.3, -0.25) is 4.90 Å². The lowest BCUT2D eigenvalue weighted by molar-refractivity contribution is 0.0474. The zero-order chi connectivity index (χ0) is 17.6. The van der Waals surface area contributed by atoms with Gasteiger partial charge in [0, 0.05) is 32.2 Å². The predicted octanol–water partition coefficient (Wildman–Crippen LogP) is 2.93. The Balaban J connectivity index is 1.52. The van der Waals surface area contributed by atoms with Crippen molar-refractivity contribution in [3.05, 3.63) is 65.7 Å². The van der Waals surface area contributed by atoms with Crippen LogP contribution < -0.4 is 4.74 Å². The molecule has 1 aliphatic heterocycles. The number of hydrogen-bond donors (Lipinski definition) is 1. The monoisotopic (exact) mass is 340 g/mol. The molecule has 1 N–H and O–H groups in total. The third kappa shape index (κ3) is 5.05. The maximum Gasteiger partial charge on any atom is 0.119 e. The van der Waals surface area contributed by atoms with E-state index in [1.54, 1.807) is 0 Å². The van der Waals surface area contributed by atoms with Gasteiger partial charge in [-0.2, -0.15) is 0 Å². The summed E-state index contributed by atoms with van der Waals surface area (Å²) in [6.45, 7) is 6.58. The Morgan fingerprint density at radius 1 is 1.08 bits per heavy atom. The zero-order valence-electron chi connectivity index (χ0n) is 15.1. The van der Waals surface area contributed by atoms with E-state index in [0.29, 0.717) is 19.2 Å². The van der Waals surface area contributed by atoms with E-state index in [4.69, 9.17) is 4.74 Å². The van der Waals surface area contributed by atoms with Crippen LogP contribution in [0.2, 0.25) is 0 Å². The number of aliphatic hydroxyl groups is 1. The second kappa shape index (κ2) is 8.48. The first-order chi connectivity index (χ1) is 12.1. The van der Waals surface area contributed by atoms with E-state index in [2.05, 4.69) is 35.9 Å². The van der Waals surface area contributed by atoms with Crippen molar-refractivity contribution in [1.82, 2.24) is 9.80 Å². The Morgan fingerprint density at radius 3 is 2.48 bits per heavy atom. The summed E-state index contributed by atoms with van der Waals surface area (Å²) in [6, 6.07) is 18.4. The van der Waals surface area contributed by atoms with Gasteiger partial charge in [0.25, 0.3) is 0 Å². The number of nitrogens with zero attached hydrogens (tertiary/aromatic N) is 2. The first kappa shape index (κ1) is 17.9. The molecule has 1 aliphatic rings. The van der Waals surface area contributed by atoms with Crippen LogP contribution >= 0.6 is 0 Å². The van der Waals surface area contributed by atoms with Crippen LogP contribution in [0.1, 0.15) is 24.2 Å². The first-order valence-corrected chi connectivity index (χ1v) is 8.99. The molecule has 0 bridgehead atoms. The van der Waals surface area contributed by atoms with Crippen molar-refractivity contribution in [2.24, 2.45) is 0 Å². The molecular formula is C21H28N2O2. The molecule has 2 atom stereocenters. The summed E-state index contributed by atoms with van der Waals surface area (Å²) >= 11 is 0.